The van der Waals surface area contributed by atoms with Crippen LogP contribution in [-0.2, 0) is 0 Å². The van der Waals surface area contributed by atoms with Crippen molar-refractivity contribution in [2.45, 2.75) is 6.10 Å². The van der Waals surface area contributed by atoms with Crippen LogP contribution in [0, 0.1) is 29.0 Å². The second-order valence-electron chi connectivity index (χ2n) is 6.29. The lowest BCUT2D eigenvalue weighted by atomic mass is 10.1. The van der Waals surface area contributed by atoms with Gasteiger partial charge in [-0.1, -0.05) is 0 Å². The fourth-order valence-corrected chi connectivity index (χ4v) is 3.36. The van der Waals surface area contributed by atoms with Gasteiger partial charge < -0.3 is 14.7 Å². The summed E-state index contributed by atoms with van der Waals surface area (Å²) >= 11 is 0. The van der Waals surface area contributed by atoms with Crippen molar-refractivity contribution < 1.29 is 19.0 Å². The molecule has 1 unspecified atom stereocenters. The Labute approximate surface area is 143 Å². The van der Waals surface area contributed by atoms with Crippen molar-refractivity contribution in [1.82, 2.24) is 9.88 Å². The largest absolute Gasteiger partial charge is 0.489 e. The molecule has 0 bridgehead atoms. The van der Waals surface area contributed by atoms with Gasteiger partial charge in [0.2, 0.25) is 0 Å². The Kier molecular flexibility index (Phi) is 3.53. The zero-order chi connectivity index (χ0) is 17.6. The number of fused-ring (bicyclic) bond motifs is 1. The first-order valence-electron chi connectivity index (χ1n) is 7.88. The predicted molar refractivity (Wildman–Crippen MR) is 85.3 cm³/mol. The number of rotatable bonds is 3. The minimum atomic E-state index is -0.903. The molecule has 1 amide bonds. The average molecular weight is 339 g/mol. The number of nitriles is 1. The van der Waals surface area contributed by atoms with Gasteiger partial charge in [-0.15, -0.1) is 0 Å². The number of halogens is 1. The molecule has 1 aromatic heterocycles. The van der Waals surface area contributed by atoms with E-state index in [1.165, 1.54) is 17.0 Å². The van der Waals surface area contributed by atoms with Crippen LogP contribution in [0.2, 0.25) is 0 Å². The van der Waals surface area contributed by atoms with E-state index in [4.69, 9.17) is 9.84 Å². The number of pyridine rings is 1. The maximum absolute atomic E-state index is 13.1. The highest BCUT2D eigenvalue weighted by Gasteiger charge is 2.59. The first-order valence-corrected chi connectivity index (χ1v) is 7.88. The summed E-state index contributed by atoms with van der Waals surface area (Å²) < 4.78 is 19.0. The highest BCUT2D eigenvalue weighted by molar-refractivity contribution is 5.66. The second kappa shape index (κ2) is 5.74. The Bertz CT molecular complexity index is 866. The zero-order valence-corrected chi connectivity index (χ0v) is 13.1. The molecule has 7 heteroatoms. The molecule has 4 rings (SSSR count). The quantitative estimate of drug-likeness (QED) is 0.929. The summed E-state index contributed by atoms with van der Waals surface area (Å²) in [5.74, 6) is 0.575. The summed E-state index contributed by atoms with van der Waals surface area (Å²) in [5, 5.41) is 18.2. The third-order valence-electron chi connectivity index (χ3n) is 4.71. The van der Waals surface area contributed by atoms with Crippen LogP contribution in [0.25, 0.3) is 11.3 Å². The molecule has 0 radical (unpaired) electrons. The standard InChI is InChI=1S/C18H14FN3O3/c19-11-3-1-10(2-4-11)16-6-13(5-12(7-20)21-16)25-17-14-8-22(18(23)24)9-15(14)17/h1-6,14-15,17H,8-9H2,(H,23,24)/t14-,15+,17?. The molecule has 2 aromatic rings. The van der Waals surface area contributed by atoms with Crippen LogP contribution in [0.5, 0.6) is 5.75 Å². The number of hydrogen-bond donors (Lipinski definition) is 1. The van der Waals surface area contributed by atoms with Crippen LogP contribution in [0.1, 0.15) is 5.69 Å². The summed E-state index contributed by atoms with van der Waals surface area (Å²) in [7, 11) is 0. The Morgan fingerprint density at radius 1 is 1.28 bits per heavy atom. The van der Waals surface area contributed by atoms with Crippen LogP contribution in [0.3, 0.4) is 0 Å². The van der Waals surface area contributed by atoms with Crippen LogP contribution in [-0.4, -0.2) is 40.3 Å². The van der Waals surface area contributed by atoms with Crippen molar-refractivity contribution >= 4 is 6.09 Å². The van der Waals surface area contributed by atoms with E-state index in [2.05, 4.69) is 4.98 Å². The lowest BCUT2D eigenvalue weighted by molar-refractivity contribution is 0.140. The third-order valence-corrected chi connectivity index (χ3v) is 4.71. The number of benzene rings is 1. The molecule has 1 saturated carbocycles. The van der Waals surface area contributed by atoms with Gasteiger partial charge in [0.05, 0.1) is 5.69 Å². The van der Waals surface area contributed by atoms with Gasteiger partial charge in [-0.2, -0.15) is 5.26 Å². The van der Waals surface area contributed by atoms with E-state index in [9.17, 15) is 14.4 Å². The van der Waals surface area contributed by atoms with Gasteiger partial charge in [0.25, 0.3) is 0 Å². The van der Waals surface area contributed by atoms with Crippen LogP contribution in [0.15, 0.2) is 36.4 Å². The summed E-state index contributed by atoms with van der Waals surface area (Å²) in [6, 6.07) is 11.2. The van der Waals surface area contributed by atoms with Gasteiger partial charge in [0.15, 0.2) is 0 Å². The number of aromatic nitrogens is 1. The molecule has 1 aliphatic heterocycles. The van der Waals surface area contributed by atoms with Gasteiger partial charge in [-0.25, -0.2) is 14.2 Å². The molecule has 126 valence electrons. The Hall–Kier alpha value is -3.14. The van der Waals surface area contributed by atoms with Crippen LogP contribution in [0.4, 0.5) is 9.18 Å². The van der Waals surface area contributed by atoms with E-state index < -0.39 is 6.09 Å². The van der Waals surface area contributed by atoms with Gasteiger partial charge in [0, 0.05) is 42.6 Å². The smallest absolute Gasteiger partial charge is 0.407 e. The normalized spacial score (nSPS) is 23.7. The molecule has 25 heavy (non-hydrogen) atoms. The number of carboxylic acid groups (broad SMARTS) is 1. The molecule has 2 aliphatic rings. The average Bonchev–Trinajstić information content (AvgIpc) is 3.05. The number of piperidine rings is 1. The monoisotopic (exact) mass is 339 g/mol. The van der Waals surface area contributed by atoms with E-state index in [0.717, 1.165) is 0 Å². The van der Waals surface area contributed by atoms with E-state index in [1.807, 2.05) is 6.07 Å². The molecular weight excluding hydrogens is 325 g/mol. The van der Waals surface area contributed by atoms with E-state index in [0.29, 0.717) is 30.1 Å². The fourth-order valence-electron chi connectivity index (χ4n) is 3.36. The van der Waals surface area contributed by atoms with Gasteiger partial charge in [-0.3, -0.25) is 0 Å². The number of hydrogen-bond acceptors (Lipinski definition) is 4. The van der Waals surface area contributed by atoms with E-state index in [1.54, 1.807) is 24.3 Å². The molecule has 1 saturated heterocycles. The molecule has 1 aliphatic carbocycles. The molecule has 1 N–H and O–H groups in total. The molecule has 3 atom stereocenters. The van der Waals surface area contributed by atoms with Crippen molar-refractivity contribution in [3.05, 3.63) is 47.9 Å². The predicted octanol–water partition coefficient (Wildman–Crippen LogP) is 2.75. The minimum Gasteiger partial charge on any atom is -0.489 e. The highest BCUT2D eigenvalue weighted by Crippen LogP contribution is 2.48. The molecule has 2 fully saturated rings. The lowest BCUT2D eigenvalue weighted by Crippen LogP contribution is -2.31. The number of ether oxygens (including phenoxy) is 1. The fraction of sp³-hybridized carbons (Fsp3) is 0.278. The van der Waals surface area contributed by atoms with Crippen molar-refractivity contribution in [1.29, 1.82) is 5.26 Å². The van der Waals surface area contributed by atoms with Crippen molar-refractivity contribution in [3.8, 4) is 23.1 Å². The number of likely N-dealkylation sites (tertiary alicyclic amines) is 1. The number of nitrogens with zero attached hydrogens (tertiary/aromatic N) is 3. The van der Waals surface area contributed by atoms with Crippen LogP contribution < -0.4 is 4.74 Å². The Morgan fingerprint density at radius 2 is 1.96 bits per heavy atom. The highest BCUT2D eigenvalue weighted by atomic mass is 19.1. The van der Waals surface area contributed by atoms with Crippen molar-refractivity contribution in [3.63, 3.8) is 0 Å². The van der Waals surface area contributed by atoms with Crippen molar-refractivity contribution in [2.75, 3.05) is 13.1 Å². The van der Waals surface area contributed by atoms with Gasteiger partial charge in [-0.05, 0) is 24.3 Å². The molecule has 2 heterocycles. The summed E-state index contributed by atoms with van der Waals surface area (Å²) in [6.45, 7) is 0.956. The SMILES string of the molecule is N#Cc1cc(OC2[C@H]3CN(C(=O)O)C[C@@H]23)cc(-c2ccc(F)cc2)n1. The molecular formula is C18H14FN3O3. The first kappa shape index (κ1) is 15.4. The van der Waals surface area contributed by atoms with Gasteiger partial charge >= 0.3 is 6.09 Å². The van der Waals surface area contributed by atoms with E-state index >= 15 is 0 Å². The van der Waals surface area contributed by atoms with Crippen LogP contribution >= 0.6 is 0 Å². The zero-order valence-electron chi connectivity index (χ0n) is 13.1. The lowest BCUT2D eigenvalue weighted by Gasteiger charge is -2.17. The topological polar surface area (TPSA) is 86.5 Å². The molecule has 6 nitrogen and oxygen atoms in total. The number of amides is 1. The Morgan fingerprint density at radius 3 is 2.56 bits per heavy atom. The molecule has 1 aromatic carbocycles. The maximum atomic E-state index is 13.1. The Balaban J connectivity index is 1.53. The molecule has 0 spiro atoms. The number of carbonyl (C=O) groups is 1. The van der Waals surface area contributed by atoms with Crippen molar-refractivity contribution in [2.24, 2.45) is 11.8 Å². The summed E-state index contributed by atoms with van der Waals surface area (Å²) in [5.41, 5.74) is 1.44. The second-order valence-corrected chi connectivity index (χ2v) is 6.29. The summed E-state index contributed by atoms with van der Waals surface area (Å²) in [4.78, 5) is 16.6. The minimum absolute atomic E-state index is 0.0365. The first-order chi connectivity index (χ1) is 12.0. The van der Waals surface area contributed by atoms with E-state index in [-0.39, 0.29) is 29.5 Å². The summed E-state index contributed by atoms with van der Waals surface area (Å²) in [6.07, 6.45) is -0.939. The van der Waals surface area contributed by atoms with Gasteiger partial charge in [0.1, 0.15) is 29.4 Å². The third kappa shape index (κ3) is 2.87. The maximum Gasteiger partial charge on any atom is 0.407 e.